The lowest BCUT2D eigenvalue weighted by Gasteiger charge is -2.45. The van der Waals surface area contributed by atoms with E-state index in [9.17, 15) is 0 Å². The van der Waals surface area contributed by atoms with Crippen LogP contribution in [0.2, 0.25) is 12.1 Å². The first-order valence-corrected chi connectivity index (χ1v) is 26.3. The summed E-state index contributed by atoms with van der Waals surface area (Å²) in [6.45, 7) is 9.24. The predicted molar refractivity (Wildman–Crippen MR) is 253 cm³/mol. The summed E-state index contributed by atoms with van der Waals surface area (Å²) in [6.07, 6.45) is 19.4. The highest BCUT2D eigenvalue weighted by atomic mass is 28.3. The van der Waals surface area contributed by atoms with E-state index in [2.05, 4.69) is 140 Å². The van der Waals surface area contributed by atoms with Gasteiger partial charge in [-0.1, -0.05) is 143 Å². The molecule has 10 aliphatic carbocycles. The second kappa shape index (κ2) is 9.34. The van der Waals surface area contributed by atoms with Crippen molar-refractivity contribution in [2.24, 2.45) is 29.6 Å². The number of hydrogen-bond acceptors (Lipinski definition) is 0. The maximum Gasteiger partial charge on any atom is 0.116 e. The van der Waals surface area contributed by atoms with Gasteiger partial charge in [-0.2, -0.15) is 0 Å². The van der Waals surface area contributed by atoms with Gasteiger partial charge >= 0.3 is 0 Å². The van der Waals surface area contributed by atoms with Crippen LogP contribution in [0.5, 0.6) is 0 Å². The van der Waals surface area contributed by atoms with Crippen LogP contribution in [0, 0.1) is 29.6 Å². The monoisotopic (exact) mass is 790 g/mol. The largest absolute Gasteiger partial charge is 0.116 e. The molecule has 1 fully saturated rings. The topological polar surface area (TPSA) is 0 Å². The molecule has 2 heteroatoms. The number of benzene rings is 6. The van der Waals surface area contributed by atoms with E-state index >= 15 is 0 Å². The SMILES string of the molecule is C=C[Si](CC1=CC2(C[Si](C=C)c3ccccc3)c3c4c5c6c7c(c8ccc9c%10c%11c%12c%13c(c3=C3C%14C=%13C%13C(C=CC9C%11%13)C%14C=CC32)c5c%12c7c8%10)C=CC6C14)c1ccccc1. The van der Waals surface area contributed by atoms with Crippen molar-refractivity contribution < 1.29 is 0 Å². The first kappa shape index (κ1) is 30.5. The fraction of sp³-hybridized carbons (Fsp3) is 0.207. The van der Waals surface area contributed by atoms with E-state index in [0.717, 1.165) is 12.1 Å². The minimum Gasteiger partial charge on any atom is -0.107 e. The fourth-order valence-electron chi connectivity index (χ4n) is 17.5. The highest BCUT2D eigenvalue weighted by Gasteiger charge is 2.65. The molecule has 10 atom stereocenters. The van der Waals surface area contributed by atoms with Gasteiger partial charge in [0.1, 0.15) is 17.6 Å². The Morgan fingerprint density at radius 3 is 2.15 bits per heavy atom. The Balaban J connectivity index is 1.08. The van der Waals surface area contributed by atoms with Crippen molar-refractivity contribution in [3.63, 3.8) is 0 Å². The molecule has 0 amide bonds. The van der Waals surface area contributed by atoms with Crippen molar-refractivity contribution in [1.82, 2.24) is 0 Å². The maximum atomic E-state index is 4.66. The van der Waals surface area contributed by atoms with Crippen LogP contribution < -0.4 is 20.8 Å². The Bertz CT molecular complexity index is 3770. The van der Waals surface area contributed by atoms with Crippen LogP contribution in [-0.2, 0) is 5.41 Å². The molecular formula is C58H38Si2. The smallest absolute Gasteiger partial charge is 0.107 e. The fourth-order valence-corrected chi connectivity index (χ4v) is 21.8. The highest BCUT2D eigenvalue weighted by Crippen LogP contribution is 2.75. The van der Waals surface area contributed by atoms with E-state index in [1.165, 1.54) is 21.3 Å². The second-order valence-electron chi connectivity index (χ2n) is 20.4. The van der Waals surface area contributed by atoms with Gasteiger partial charge in [-0.05, 0) is 139 Å². The Labute approximate surface area is 351 Å². The molecule has 10 aliphatic rings. The first-order chi connectivity index (χ1) is 29.7. The Hall–Kier alpha value is -5.55. The van der Waals surface area contributed by atoms with Crippen LogP contribution in [0.25, 0.3) is 71.1 Å². The van der Waals surface area contributed by atoms with Crippen molar-refractivity contribution in [2.45, 2.75) is 41.2 Å². The molecule has 0 heterocycles. The van der Waals surface area contributed by atoms with Crippen LogP contribution in [0.1, 0.15) is 57.1 Å². The molecule has 8 aromatic rings. The number of fused-ring (bicyclic) bond motifs is 5. The van der Waals surface area contributed by atoms with Crippen molar-refractivity contribution >= 4 is 99.1 Å². The van der Waals surface area contributed by atoms with Crippen molar-refractivity contribution in [3.05, 3.63) is 183 Å². The Kier molecular flexibility index (Phi) is 4.75. The lowest BCUT2D eigenvalue weighted by Crippen LogP contribution is -2.44. The van der Waals surface area contributed by atoms with Gasteiger partial charge < -0.3 is 0 Å². The van der Waals surface area contributed by atoms with Gasteiger partial charge in [0.2, 0.25) is 0 Å². The molecule has 18 rings (SSSR count). The number of hydrogen-bond donors (Lipinski definition) is 0. The molecule has 2 radical (unpaired) electrons. The molecule has 10 unspecified atom stereocenters. The summed E-state index contributed by atoms with van der Waals surface area (Å²) in [4.78, 5) is 0. The van der Waals surface area contributed by atoms with Gasteiger partial charge in [0.05, 0.1) is 0 Å². The van der Waals surface area contributed by atoms with Crippen LogP contribution in [0.15, 0.2) is 139 Å². The first-order valence-electron chi connectivity index (χ1n) is 22.7. The third-order valence-electron chi connectivity index (χ3n) is 18.9. The molecule has 0 bridgehead atoms. The zero-order valence-corrected chi connectivity index (χ0v) is 35.1. The van der Waals surface area contributed by atoms with E-state index in [4.69, 9.17) is 0 Å². The van der Waals surface area contributed by atoms with Crippen LogP contribution in [0.4, 0.5) is 0 Å². The molecule has 0 nitrogen and oxygen atoms in total. The molecule has 0 aliphatic heterocycles. The number of allylic oxidation sites excluding steroid dienone is 7. The minimum absolute atomic E-state index is 0.107. The molecule has 0 spiro atoms. The van der Waals surface area contributed by atoms with Crippen molar-refractivity contribution in [2.75, 3.05) is 0 Å². The molecular weight excluding hydrogens is 753 g/mol. The second-order valence-corrected chi connectivity index (χ2v) is 25.2. The molecule has 278 valence electrons. The van der Waals surface area contributed by atoms with E-state index in [1.807, 2.05) is 11.1 Å². The van der Waals surface area contributed by atoms with E-state index in [-0.39, 0.29) is 5.41 Å². The van der Waals surface area contributed by atoms with E-state index in [0.29, 0.717) is 53.3 Å². The number of rotatable bonds is 8. The predicted octanol–water partition coefficient (Wildman–Crippen LogP) is 10.2. The highest BCUT2D eigenvalue weighted by molar-refractivity contribution is 6.78. The molecule has 1 saturated carbocycles. The molecule has 0 aromatic heterocycles. The third-order valence-corrected chi connectivity index (χ3v) is 23.8. The van der Waals surface area contributed by atoms with Crippen molar-refractivity contribution in [1.29, 1.82) is 0 Å². The summed E-state index contributed by atoms with van der Waals surface area (Å²) in [5.41, 5.74) is 20.2. The van der Waals surface area contributed by atoms with Gasteiger partial charge in [0, 0.05) is 40.9 Å². The zero-order valence-electron chi connectivity index (χ0n) is 33.1. The minimum atomic E-state index is -1.13. The zero-order chi connectivity index (χ0) is 38.4. The lowest BCUT2D eigenvalue weighted by atomic mass is 9.61. The van der Waals surface area contributed by atoms with Gasteiger partial charge in [0.25, 0.3) is 0 Å². The summed E-state index contributed by atoms with van der Waals surface area (Å²) < 4.78 is 0. The standard InChI is InChI=1S/C58H38Si2/c1-3-59(27-11-7-5-8-12-27)24-26-23-58(25-60(4-2)28-13-9-6-10-14-28)36-22-21-34-32-18-17-30-29-15-16-31-33-19-20-35-37(26)55-49-44(35)42(33)47-39(31)38(29)46-40(30)41(32)48-43(34)45(36)56(57(55)58)54-52(48)50(46)51(47)53(49)54/h3-23,30,32,34-37,40-41,43H,1-2,24-25H2. The van der Waals surface area contributed by atoms with Gasteiger partial charge in [-0.3, -0.25) is 0 Å². The van der Waals surface area contributed by atoms with Crippen molar-refractivity contribution in [3.8, 4) is 0 Å². The summed E-state index contributed by atoms with van der Waals surface area (Å²) in [6, 6.07) is 30.4. The summed E-state index contributed by atoms with van der Waals surface area (Å²) in [7, 11) is -2.21. The molecule has 0 N–H and O–H groups in total. The average Bonchev–Trinajstić information content (AvgIpc) is 4.12. The van der Waals surface area contributed by atoms with E-state index in [1.54, 1.807) is 92.3 Å². The molecule has 60 heavy (non-hydrogen) atoms. The quantitative estimate of drug-likeness (QED) is 0.0817. The lowest BCUT2D eigenvalue weighted by molar-refractivity contribution is 0.344. The van der Waals surface area contributed by atoms with Crippen LogP contribution in [0.3, 0.4) is 0 Å². The Morgan fingerprint density at radius 1 is 0.567 bits per heavy atom. The summed E-state index contributed by atoms with van der Waals surface area (Å²) in [5.74, 6) is 4.40. The molecule has 0 saturated heterocycles. The van der Waals surface area contributed by atoms with Gasteiger partial charge in [-0.15, -0.1) is 13.2 Å². The van der Waals surface area contributed by atoms with E-state index < -0.39 is 17.6 Å². The average molecular weight is 791 g/mol. The van der Waals surface area contributed by atoms with Crippen LogP contribution >= 0.6 is 0 Å². The summed E-state index contributed by atoms with van der Waals surface area (Å²) >= 11 is 0. The normalized spacial score (nSPS) is 32.3. The van der Waals surface area contributed by atoms with Gasteiger partial charge in [-0.25, -0.2) is 0 Å². The Morgan fingerprint density at radius 2 is 1.33 bits per heavy atom. The maximum absolute atomic E-state index is 4.66. The molecule has 8 aromatic carbocycles. The van der Waals surface area contributed by atoms with Crippen LogP contribution in [-0.4, -0.2) is 17.6 Å². The summed E-state index contributed by atoms with van der Waals surface area (Å²) in [5, 5.41) is 23.0. The third kappa shape index (κ3) is 2.76. The van der Waals surface area contributed by atoms with Gasteiger partial charge in [0.15, 0.2) is 0 Å².